The van der Waals surface area contributed by atoms with Gasteiger partial charge in [0.2, 0.25) is 0 Å². The molecule has 2 aliphatic carbocycles. The average molecular weight is 593 g/mol. The molecule has 0 spiro atoms. The topological polar surface area (TPSA) is 24.1 Å². The number of allylic oxidation sites excluding steroid dienone is 4. The average Bonchev–Trinajstić information content (AvgIpc) is 3.43. The lowest BCUT2D eigenvalue weighted by atomic mass is 9.96. The van der Waals surface area contributed by atoms with E-state index in [1.807, 2.05) is 0 Å². The Balaban J connectivity index is 1.35. The number of nitrogens with one attached hydrogen (secondary N) is 2. The molecular weight excluding hydrogens is 541 g/mol. The van der Waals surface area contributed by atoms with E-state index in [2.05, 4.69) is 163 Å². The molecule has 2 nitrogen and oxygen atoms in total. The molecule has 2 N–H and O–H groups in total. The Kier molecular flexibility index (Phi) is 8.25. The van der Waals surface area contributed by atoms with Crippen molar-refractivity contribution in [2.75, 3.05) is 0 Å². The quantitative estimate of drug-likeness (QED) is 0.255. The summed E-state index contributed by atoms with van der Waals surface area (Å²) in [7, 11) is -3.48. The Bertz CT molecular complexity index is 1380. The van der Waals surface area contributed by atoms with Gasteiger partial charge in [-0.2, -0.15) is 0 Å². The highest BCUT2D eigenvalue weighted by Gasteiger charge is 2.40. The van der Waals surface area contributed by atoms with Crippen LogP contribution in [-0.2, 0) is 12.8 Å². The molecule has 222 valence electrons. The van der Waals surface area contributed by atoms with Crippen LogP contribution in [0, 0.1) is 0 Å². The molecule has 42 heavy (non-hydrogen) atoms. The van der Waals surface area contributed by atoms with E-state index < -0.39 is 16.5 Å². The molecule has 0 aromatic heterocycles. The third-order valence-electron chi connectivity index (χ3n) is 8.78. The van der Waals surface area contributed by atoms with Crippen LogP contribution < -0.4 is 9.96 Å². The van der Waals surface area contributed by atoms with Gasteiger partial charge in [-0.3, -0.25) is 0 Å². The third-order valence-corrected chi connectivity index (χ3v) is 15.6. The molecule has 0 saturated carbocycles. The fourth-order valence-electron chi connectivity index (χ4n) is 7.69. The van der Waals surface area contributed by atoms with Gasteiger partial charge in [0.1, 0.15) is 16.5 Å². The van der Waals surface area contributed by atoms with Gasteiger partial charge in [0.25, 0.3) is 0 Å². The zero-order valence-electron chi connectivity index (χ0n) is 27.7. The molecule has 3 aromatic carbocycles. The minimum Gasteiger partial charge on any atom is -0.332 e. The summed E-state index contributed by atoms with van der Waals surface area (Å²) in [5.41, 5.74) is 12.9. The molecule has 2 atom stereocenters. The van der Waals surface area contributed by atoms with Crippen molar-refractivity contribution in [3.05, 3.63) is 118 Å². The Morgan fingerprint density at radius 1 is 0.524 bits per heavy atom. The van der Waals surface area contributed by atoms with E-state index in [1.165, 1.54) is 44.5 Å². The van der Waals surface area contributed by atoms with Gasteiger partial charge in [0, 0.05) is 22.2 Å². The second kappa shape index (κ2) is 11.2. The van der Waals surface area contributed by atoms with Crippen LogP contribution in [0.3, 0.4) is 0 Å². The molecule has 0 amide bonds. The van der Waals surface area contributed by atoms with Crippen molar-refractivity contribution in [3.63, 3.8) is 0 Å². The van der Waals surface area contributed by atoms with E-state index >= 15 is 0 Å². The summed E-state index contributed by atoms with van der Waals surface area (Å²) in [5, 5.41) is 0. The standard InChI is InChI=1S/C38H52N2Si2/c1-37(2,3)39-41(7,8)35-25-29(31-15-11-13-17-33(31)35)23-27-19-21-28(22-20-27)24-30-26-36(34-18-14-12-16-32(30)34)42(9,10)40-38(4,5)6/h11-22,25-26,35-36,39-40H,23-24H2,1-10H3. The third kappa shape index (κ3) is 6.83. The molecular formula is C38H52N2Si2. The molecule has 0 fully saturated rings. The van der Waals surface area contributed by atoms with Crippen LogP contribution in [0.15, 0.2) is 84.9 Å². The monoisotopic (exact) mass is 592 g/mol. The van der Waals surface area contributed by atoms with Gasteiger partial charge in [-0.15, -0.1) is 0 Å². The highest BCUT2D eigenvalue weighted by molar-refractivity contribution is 6.77. The molecule has 0 heterocycles. The lowest BCUT2D eigenvalue weighted by Crippen LogP contribution is -2.57. The maximum absolute atomic E-state index is 4.02. The molecule has 4 heteroatoms. The van der Waals surface area contributed by atoms with E-state index in [0.717, 1.165) is 12.8 Å². The first-order chi connectivity index (χ1) is 19.5. The molecule has 0 aliphatic heterocycles. The van der Waals surface area contributed by atoms with Crippen LogP contribution in [-0.4, -0.2) is 27.5 Å². The van der Waals surface area contributed by atoms with E-state index in [4.69, 9.17) is 0 Å². The van der Waals surface area contributed by atoms with Crippen molar-refractivity contribution in [1.82, 2.24) is 9.96 Å². The van der Waals surface area contributed by atoms with Crippen molar-refractivity contribution in [1.29, 1.82) is 0 Å². The fourth-order valence-corrected chi connectivity index (χ4v) is 15.2. The molecule has 3 aromatic rings. The van der Waals surface area contributed by atoms with Gasteiger partial charge in [-0.25, -0.2) is 0 Å². The predicted molar refractivity (Wildman–Crippen MR) is 189 cm³/mol. The predicted octanol–water partition coefficient (Wildman–Crippen LogP) is 9.40. The zero-order chi connectivity index (χ0) is 30.5. The molecule has 0 bridgehead atoms. The Morgan fingerprint density at radius 2 is 0.857 bits per heavy atom. The highest BCUT2D eigenvalue weighted by Crippen LogP contribution is 2.43. The summed E-state index contributed by atoms with van der Waals surface area (Å²) in [4.78, 5) is 8.04. The first kappa shape index (κ1) is 30.9. The summed E-state index contributed by atoms with van der Waals surface area (Å²) in [6.45, 7) is 23.7. The highest BCUT2D eigenvalue weighted by atomic mass is 28.3. The van der Waals surface area contributed by atoms with Gasteiger partial charge < -0.3 is 9.96 Å². The summed E-state index contributed by atoms with van der Waals surface area (Å²) < 4.78 is 0. The van der Waals surface area contributed by atoms with Crippen LogP contribution in [0.2, 0.25) is 26.2 Å². The van der Waals surface area contributed by atoms with Crippen LogP contribution >= 0.6 is 0 Å². The summed E-state index contributed by atoms with van der Waals surface area (Å²) in [6, 6.07) is 27.6. The van der Waals surface area contributed by atoms with E-state index in [0.29, 0.717) is 11.1 Å². The molecule has 2 unspecified atom stereocenters. The van der Waals surface area contributed by atoms with Crippen molar-refractivity contribution < 1.29 is 0 Å². The summed E-state index contributed by atoms with van der Waals surface area (Å²) >= 11 is 0. The smallest absolute Gasteiger partial charge is 0.131 e. The first-order valence-electron chi connectivity index (χ1n) is 15.8. The zero-order valence-corrected chi connectivity index (χ0v) is 29.7. The molecule has 5 rings (SSSR count). The van der Waals surface area contributed by atoms with E-state index in [1.54, 1.807) is 0 Å². The molecule has 0 radical (unpaired) electrons. The van der Waals surface area contributed by atoms with Crippen LogP contribution in [0.5, 0.6) is 0 Å². The normalized spacial score (nSPS) is 18.9. The van der Waals surface area contributed by atoms with E-state index in [9.17, 15) is 0 Å². The number of hydrogen-bond acceptors (Lipinski definition) is 2. The van der Waals surface area contributed by atoms with Crippen LogP contribution in [0.4, 0.5) is 0 Å². The second-order valence-corrected chi connectivity index (χ2v) is 24.5. The van der Waals surface area contributed by atoms with E-state index in [-0.39, 0.29) is 11.1 Å². The maximum atomic E-state index is 4.02. The van der Waals surface area contributed by atoms with Crippen LogP contribution in [0.1, 0.15) is 86.0 Å². The number of hydrogen-bond donors (Lipinski definition) is 2. The molecule has 2 aliphatic rings. The van der Waals surface area contributed by atoms with Crippen molar-refractivity contribution in [2.24, 2.45) is 0 Å². The Hall–Kier alpha value is -2.51. The maximum Gasteiger partial charge on any atom is 0.131 e. The minimum atomic E-state index is -1.74. The molecule has 0 saturated heterocycles. The Morgan fingerprint density at radius 3 is 1.19 bits per heavy atom. The minimum absolute atomic E-state index is 0.118. The van der Waals surface area contributed by atoms with Gasteiger partial charge >= 0.3 is 0 Å². The Labute approximate surface area is 257 Å². The van der Waals surface area contributed by atoms with Crippen molar-refractivity contribution >= 4 is 27.6 Å². The van der Waals surface area contributed by atoms with Crippen molar-refractivity contribution in [3.8, 4) is 0 Å². The van der Waals surface area contributed by atoms with Gasteiger partial charge in [-0.05, 0) is 98.9 Å². The lowest BCUT2D eigenvalue weighted by Gasteiger charge is -2.37. The first-order valence-corrected chi connectivity index (χ1v) is 21.9. The second-order valence-electron chi connectivity index (χ2n) is 15.9. The van der Waals surface area contributed by atoms with Gasteiger partial charge in [-0.1, -0.05) is 111 Å². The van der Waals surface area contributed by atoms with Gasteiger partial charge in [0.05, 0.1) is 0 Å². The summed E-state index contributed by atoms with van der Waals surface area (Å²) in [5.74, 6) is 0. The fraction of sp³-hybridized carbons (Fsp3) is 0.421. The summed E-state index contributed by atoms with van der Waals surface area (Å²) in [6.07, 6.45) is 7.14. The van der Waals surface area contributed by atoms with Crippen molar-refractivity contribution in [2.45, 2.75) is 103 Å². The SMILES string of the molecule is CC(C)(C)N[Si](C)(C)C1C=C(Cc2ccc(CC3=CC([Si](C)(C)NC(C)(C)C)c4ccccc43)cc2)c2ccccc21. The van der Waals surface area contributed by atoms with Gasteiger partial charge in [0.15, 0.2) is 0 Å². The number of benzene rings is 3. The largest absolute Gasteiger partial charge is 0.332 e. The number of rotatable bonds is 8. The number of fused-ring (bicyclic) bond motifs is 2. The lowest BCUT2D eigenvalue weighted by molar-refractivity contribution is 0.508. The van der Waals surface area contributed by atoms with Crippen LogP contribution in [0.25, 0.3) is 11.1 Å².